The van der Waals surface area contributed by atoms with E-state index >= 15 is 0 Å². The number of aromatic hydroxyl groups is 1. The monoisotopic (exact) mass is 336 g/mol. The van der Waals surface area contributed by atoms with Gasteiger partial charge in [-0.1, -0.05) is 29.8 Å². The second-order valence-electron chi connectivity index (χ2n) is 5.30. The Balaban J connectivity index is 1.90. The van der Waals surface area contributed by atoms with Gasteiger partial charge in [-0.25, -0.2) is 4.98 Å². The molecule has 2 heterocycles. The third-order valence-corrected chi connectivity index (χ3v) is 3.87. The van der Waals surface area contributed by atoms with Crippen molar-refractivity contribution < 1.29 is 5.11 Å². The molecule has 0 unspecified atom stereocenters. The van der Waals surface area contributed by atoms with Crippen molar-refractivity contribution in [3.05, 3.63) is 72.1 Å². The SMILES string of the molecule is Oc1cccc(-c2nc3cnccn3c2Nc2cccc(Cl)c2)c1. The average molecular weight is 337 g/mol. The topological polar surface area (TPSA) is 62.5 Å². The second-order valence-corrected chi connectivity index (χ2v) is 5.74. The van der Waals surface area contributed by atoms with Gasteiger partial charge in [0.15, 0.2) is 5.65 Å². The van der Waals surface area contributed by atoms with Crippen LogP contribution < -0.4 is 5.32 Å². The van der Waals surface area contributed by atoms with Gasteiger partial charge in [-0.3, -0.25) is 9.38 Å². The van der Waals surface area contributed by atoms with Gasteiger partial charge in [0.2, 0.25) is 0 Å². The van der Waals surface area contributed by atoms with Gasteiger partial charge >= 0.3 is 0 Å². The molecule has 0 radical (unpaired) electrons. The summed E-state index contributed by atoms with van der Waals surface area (Å²) < 4.78 is 1.91. The molecule has 118 valence electrons. The third-order valence-electron chi connectivity index (χ3n) is 3.64. The number of benzene rings is 2. The molecule has 0 amide bonds. The number of fused-ring (bicyclic) bond motifs is 1. The molecular weight excluding hydrogens is 324 g/mol. The molecule has 0 fully saturated rings. The van der Waals surface area contributed by atoms with Gasteiger partial charge in [0, 0.05) is 28.7 Å². The number of phenols is 1. The van der Waals surface area contributed by atoms with Crippen molar-refractivity contribution in [3.63, 3.8) is 0 Å². The molecule has 0 saturated carbocycles. The van der Waals surface area contributed by atoms with Crippen LogP contribution in [0.5, 0.6) is 5.75 Å². The van der Waals surface area contributed by atoms with E-state index in [-0.39, 0.29) is 5.75 Å². The minimum atomic E-state index is 0.191. The third kappa shape index (κ3) is 2.66. The molecular formula is C18H13ClN4O. The predicted molar refractivity (Wildman–Crippen MR) is 94.8 cm³/mol. The van der Waals surface area contributed by atoms with Crippen LogP contribution in [0.2, 0.25) is 5.02 Å². The van der Waals surface area contributed by atoms with E-state index in [0.717, 1.165) is 22.8 Å². The molecule has 0 saturated heterocycles. The number of rotatable bonds is 3. The van der Waals surface area contributed by atoms with Gasteiger partial charge in [-0.15, -0.1) is 0 Å². The predicted octanol–water partition coefficient (Wildman–Crippen LogP) is 4.50. The lowest BCUT2D eigenvalue weighted by Gasteiger charge is -2.09. The highest BCUT2D eigenvalue weighted by molar-refractivity contribution is 6.30. The maximum absolute atomic E-state index is 9.78. The first-order valence-electron chi connectivity index (χ1n) is 7.35. The van der Waals surface area contributed by atoms with E-state index in [0.29, 0.717) is 10.7 Å². The molecule has 4 rings (SSSR count). The highest BCUT2D eigenvalue weighted by Crippen LogP contribution is 2.32. The van der Waals surface area contributed by atoms with E-state index in [9.17, 15) is 5.11 Å². The molecule has 2 aromatic heterocycles. The van der Waals surface area contributed by atoms with Crippen LogP contribution in [0.1, 0.15) is 0 Å². The number of nitrogens with zero attached hydrogens (tertiary/aromatic N) is 3. The summed E-state index contributed by atoms with van der Waals surface area (Å²) in [5.41, 5.74) is 3.09. The number of phenolic OH excluding ortho intramolecular Hbond substituents is 1. The maximum Gasteiger partial charge on any atom is 0.157 e. The number of aromatic nitrogens is 3. The average Bonchev–Trinajstić information content (AvgIpc) is 2.94. The largest absolute Gasteiger partial charge is 0.508 e. The first-order valence-corrected chi connectivity index (χ1v) is 7.72. The van der Waals surface area contributed by atoms with E-state index in [1.54, 1.807) is 30.6 Å². The van der Waals surface area contributed by atoms with E-state index < -0.39 is 0 Å². The summed E-state index contributed by atoms with van der Waals surface area (Å²) >= 11 is 6.08. The van der Waals surface area contributed by atoms with Gasteiger partial charge in [-0.05, 0) is 30.3 Å². The molecule has 0 bridgehead atoms. The van der Waals surface area contributed by atoms with Crippen LogP contribution in [-0.2, 0) is 0 Å². The molecule has 2 aromatic carbocycles. The minimum absolute atomic E-state index is 0.191. The van der Waals surface area contributed by atoms with Gasteiger partial charge in [0.25, 0.3) is 0 Å². The van der Waals surface area contributed by atoms with Crippen molar-refractivity contribution in [2.45, 2.75) is 0 Å². The number of imidazole rings is 1. The first-order chi connectivity index (χ1) is 11.7. The standard InChI is InChI=1S/C18H13ClN4O/c19-13-4-2-5-14(10-13)21-18-17(12-3-1-6-15(24)9-12)22-16-11-20-7-8-23(16)18/h1-11,21,24H. The zero-order valence-corrected chi connectivity index (χ0v) is 13.3. The van der Waals surface area contributed by atoms with Crippen LogP contribution in [0.4, 0.5) is 11.5 Å². The lowest BCUT2D eigenvalue weighted by molar-refractivity contribution is 0.475. The summed E-state index contributed by atoms with van der Waals surface area (Å²) in [4.78, 5) is 8.75. The Kier molecular flexibility index (Phi) is 3.55. The summed E-state index contributed by atoms with van der Waals surface area (Å²) in [7, 11) is 0. The molecule has 5 nitrogen and oxygen atoms in total. The Labute approximate surface area is 143 Å². The van der Waals surface area contributed by atoms with E-state index in [1.165, 1.54) is 0 Å². The van der Waals surface area contributed by atoms with Crippen molar-refractivity contribution in [1.82, 2.24) is 14.4 Å². The Morgan fingerprint density at radius 1 is 1.08 bits per heavy atom. The van der Waals surface area contributed by atoms with Crippen molar-refractivity contribution in [1.29, 1.82) is 0 Å². The van der Waals surface area contributed by atoms with Crippen molar-refractivity contribution >= 4 is 28.8 Å². The fourth-order valence-corrected chi connectivity index (χ4v) is 2.77. The van der Waals surface area contributed by atoms with E-state index in [2.05, 4.69) is 15.3 Å². The summed E-state index contributed by atoms with van der Waals surface area (Å²) in [6.07, 6.45) is 5.22. The van der Waals surface area contributed by atoms with Gasteiger partial charge in [-0.2, -0.15) is 0 Å². The fourth-order valence-electron chi connectivity index (χ4n) is 2.58. The number of hydrogen-bond acceptors (Lipinski definition) is 4. The summed E-state index contributed by atoms with van der Waals surface area (Å²) in [5, 5.41) is 13.8. The molecule has 0 aliphatic carbocycles. The Morgan fingerprint density at radius 2 is 1.96 bits per heavy atom. The Morgan fingerprint density at radius 3 is 2.79 bits per heavy atom. The maximum atomic E-state index is 9.78. The van der Waals surface area contributed by atoms with Crippen LogP contribution in [0.25, 0.3) is 16.9 Å². The van der Waals surface area contributed by atoms with Crippen molar-refractivity contribution in [2.24, 2.45) is 0 Å². The molecule has 6 heteroatoms. The Bertz CT molecular complexity index is 1030. The van der Waals surface area contributed by atoms with Crippen molar-refractivity contribution in [2.75, 3.05) is 5.32 Å². The zero-order chi connectivity index (χ0) is 16.5. The molecule has 0 aliphatic heterocycles. The molecule has 0 spiro atoms. The summed E-state index contributed by atoms with van der Waals surface area (Å²) in [6.45, 7) is 0. The lowest BCUT2D eigenvalue weighted by Crippen LogP contribution is -1.97. The van der Waals surface area contributed by atoms with Gasteiger partial charge in [0.1, 0.15) is 17.3 Å². The number of halogens is 1. The zero-order valence-electron chi connectivity index (χ0n) is 12.5. The second kappa shape index (κ2) is 5.86. The minimum Gasteiger partial charge on any atom is -0.508 e. The van der Waals surface area contributed by atoms with Crippen LogP contribution in [-0.4, -0.2) is 19.5 Å². The summed E-state index contributed by atoms with van der Waals surface area (Å²) in [6, 6.07) is 14.5. The van der Waals surface area contributed by atoms with Crippen LogP contribution in [0.15, 0.2) is 67.1 Å². The highest BCUT2D eigenvalue weighted by atomic mass is 35.5. The van der Waals surface area contributed by atoms with Crippen LogP contribution in [0.3, 0.4) is 0 Å². The molecule has 0 aliphatic rings. The highest BCUT2D eigenvalue weighted by Gasteiger charge is 2.15. The number of anilines is 2. The van der Waals surface area contributed by atoms with Crippen LogP contribution >= 0.6 is 11.6 Å². The van der Waals surface area contributed by atoms with Crippen molar-refractivity contribution in [3.8, 4) is 17.0 Å². The molecule has 24 heavy (non-hydrogen) atoms. The fraction of sp³-hybridized carbons (Fsp3) is 0. The van der Waals surface area contributed by atoms with E-state index in [1.807, 2.05) is 40.9 Å². The first kappa shape index (κ1) is 14.5. The van der Waals surface area contributed by atoms with Crippen LogP contribution in [0, 0.1) is 0 Å². The molecule has 0 atom stereocenters. The quantitative estimate of drug-likeness (QED) is 0.578. The lowest BCUT2D eigenvalue weighted by atomic mass is 10.1. The summed E-state index contributed by atoms with van der Waals surface area (Å²) in [5.74, 6) is 0.969. The smallest absolute Gasteiger partial charge is 0.157 e. The Hall–Kier alpha value is -3.05. The molecule has 2 N–H and O–H groups in total. The van der Waals surface area contributed by atoms with Gasteiger partial charge in [0.05, 0.1) is 6.20 Å². The van der Waals surface area contributed by atoms with Gasteiger partial charge < -0.3 is 10.4 Å². The van der Waals surface area contributed by atoms with E-state index in [4.69, 9.17) is 11.6 Å². The number of hydrogen-bond donors (Lipinski definition) is 2. The normalized spacial score (nSPS) is 10.9. The molecule has 4 aromatic rings. The number of nitrogens with one attached hydrogen (secondary N) is 1.